The van der Waals surface area contributed by atoms with E-state index in [9.17, 15) is 9.18 Å². The predicted octanol–water partition coefficient (Wildman–Crippen LogP) is 5.14. The molecule has 3 aromatic rings. The van der Waals surface area contributed by atoms with Gasteiger partial charge in [0, 0.05) is 0 Å². The van der Waals surface area contributed by atoms with Crippen LogP contribution in [0, 0.1) is 12.7 Å². The van der Waals surface area contributed by atoms with Gasteiger partial charge in [-0.05, 0) is 0 Å². The van der Waals surface area contributed by atoms with E-state index in [1.807, 2.05) is 19.1 Å². The fraction of sp³-hybridized carbons (Fsp3) is 0.190. The van der Waals surface area contributed by atoms with Crippen molar-refractivity contribution in [2.24, 2.45) is 0 Å². The second-order valence-corrected chi connectivity index (χ2v) is 12.9. The average molecular weight is 464 g/mol. The van der Waals surface area contributed by atoms with Gasteiger partial charge in [0.05, 0.1) is 0 Å². The normalized spacial score (nSPS) is 12.0. The number of anilines is 1. The van der Waals surface area contributed by atoms with Crippen LogP contribution < -0.4 is 9.67 Å². The van der Waals surface area contributed by atoms with Gasteiger partial charge in [0.2, 0.25) is 0 Å². The Kier molecular flexibility index (Phi) is 6.75. The molecular weight excluding hydrogens is 444 g/mol. The van der Waals surface area contributed by atoms with E-state index in [1.165, 1.54) is 21.4 Å². The molecule has 140 valence electrons. The van der Waals surface area contributed by atoms with Crippen LogP contribution in [0.15, 0.2) is 54.6 Å². The SMILES string of the molecule is Cc1cc([As](C)Cc2ccc(Cl)s2)ccc1NC(=O)Cc1ccc(F)cc1. The Morgan fingerprint density at radius 1 is 1.15 bits per heavy atom. The molecule has 0 bridgehead atoms. The van der Waals surface area contributed by atoms with Crippen LogP contribution in [0.25, 0.3) is 0 Å². The Morgan fingerprint density at radius 2 is 1.89 bits per heavy atom. The number of thiophene rings is 1. The summed E-state index contributed by atoms with van der Waals surface area (Å²) >= 11 is 6.49. The van der Waals surface area contributed by atoms with Crippen molar-refractivity contribution in [2.75, 3.05) is 5.32 Å². The molecule has 2 aromatic carbocycles. The molecule has 1 unspecified atom stereocenters. The number of amides is 1. The quantitative estimate of drug-likeness (QED) is 0.504. The first kappa shape index (κ1) is 20.1. The molecule has 0 spiro atoms. The summed E-state index contributed by atoms with van der Waals surface area (Å²) in [6.45, 7) is 2.02. The zero-order chi connectivity index (χ0) is 19.4. The van der Waals surface area contributed by atoms with E-state index >= 15 is 0 Å². The Bertz CT molecular complexity index is 942. The van der Waals surface area contributed by atoms with Crippen molar-refractivity contribution in [1.82, 2.24) is 0 Å². The van der Waals surface area contributed by atoms with Gasteiger partial charge in [0.25, 0.3) is 0 Å². The number of hydrogen-bond acceptors (Lipinski definition) is 2. The van der Waals surface area contributed by atoms with Crippen molar-refractivity contribution < 1.29 is 9.18 Å². The Morgan fingerprint density at radius 3 is 2.52 bits per heavy atom. The number of nitrogens with one attached hydrogen (secondary N) is 1. The second-order valence-electron chi connectivity index (χ2n) is 6.41. The number of rotatable bonds is 6. The maximum atomic E-state index is 13.0. The van der Waals surface area contributed by atoms with Crippen LogP contribution in [0.1, 0.15) is 16.0 Å². The minimum absolute atomic E-state index is 0.100. The van der Waals surface area contributed by atoms with Crippen molar-refractivity contribution in [3.05, 3.63) is 80.8 Å². The number of aryl methyl sites for hydroxylation is 1. The van der Waals surface area contributed by atoms with Gasteiger partial charge in [-0.25, -0.2) is 0 Å². The molecule has 0 saturated carbocycles. The molecule has 1 aromatic heterocycles. The van der Waals surface area contributed by atoms with E-state index in [2.05, 4.69) is 29.2 Å². The van der Waals surface area contributed by atoms with Crippen molar-refractivity contribution in [1.29, 1.82) is 0 Å². The topological polar surface area (TPSA) is 29.1 Å². The molecule has 1 atom stereocenters. The minimum atomic E-state index is -1.19. The van der Waals surface area contributed by atoms with Crippen molar-refractivity contribution in [3.8, 4) is 0 Å². The van der Waals surface area contributed by atoms with E-state index in [-0.39, 0.29) is 18.1 Å². The standard InChI is InChI=1S/C21H20AsClFNOS/c1-14-11-16(22(2)13-18-8-10-20(23)27-18)5-9-19(14)25-21(26)12-15-3-6-17(24)7-4-15/h3-11H,12-13H2,1-2H3,(H,25,26). The zero-order valence-electron chi connectivity index (χ0n) is 15.1. The monoisotopic (exact) mass is 463 g/mol. The number of benzene rings is 2. The van der Waals surface area contributed by atoms with Gasteiger partial charge >= 0.3 is 173 Å². The third-order valence-corrected chi connectivity index (χ3v) is 10.1. The molecule has 6 heteroatoms. The van der Waals surface area contributed by atoms with Gasteiger partial charge in [0.1, 0.15) is 0 Å². The van der Waals surface area contributed by atoms with Crippen LogP contribution in [0.2, 0.25) is 10.0 Å². The fourth-order valence-electron chi connectivity index (χ4n) is 2.77. The molecule has 3 rings (SSSR count). The zero-order valence-corrected chi connectivity index (χ0v) is 18.6. The van der Waals surface area contributed by atoms with E-state index < -0.39 is 14.7 Å². The van der Waals surface area contributed by atoms with Crippen LogP contribution in [-0.2, 0) is 16.4 Å². The molecule has 27 heavy (non-hydrogen) atoms. The first-order valence-corrected chi connectivity index (χ1v) is 13.8. The number of carbonyl (C=O) groups is 1. The number of hydrogen-bond donors (Lipinski definition) is 1. The molecular formula is C21H20AsClFNOS. The fourth-order valence-corrected chi connectivity index (χ4v) is 8.27. The third-order valence-electron chi connectivity index (χ3n) is 4.22. The Labute approximate surface area is 172 Å². The molecule has 1 heterocycles. The van der Waals surface area contributed by atoms with E-state index in [4.69, 9.17) is 11.6 Å². The summed E-state index contributed by atoms with van der Waals surface area (Å²) in [5.41, 5.74) is 5.01. The number of carbonyl (C=O) groups excluding carboxylic acids is 1. The summed E-state index contributed by atoms with van der Waals surface area (Å²) in [5, 5.41) is 4.04. The molecule has 0 saturated heterocycles. The molecule has 0 fully saturated rings. The maximum absolute atomic E-state index is 13.0. The average Bonchev–Trinajstić information content (AvgIpc) is 3.03. The molecule has 0 radical (unpaired) electrons. The van der Waals surface area contributed by atoms with Crippen LogP contribution in [-0.4, -0.2) is 20.6 Å². The number of halogens is 2. The third kappa shape index (κ3) is 5.68. The second kappa shape index (κ2) is 9.05. The molecule has 1 N–H and O–H groups in total. The van der Waals surface area contributed by atoms with Crippen LogP contribution in [0.4, 0.5) is 10.1 Å². The summed E-state index contributed by atoms with van der Waals surface area (Å²) < 4.78 is 15.2. The van der Waals surface area contributed by atoms with Gasteiger partial charge in [-0.1, -0.05) is 0 Å². The molecule has 1 amide bonds. The van der Waals surface area contributed by atoms with E-state index in [0.717, 1.165) is 26.4 Å². The summed E-state index contributed by atoms with van der Waals surface area (Å²) in [6.07, 6.45) is 0.228. The molecule has 0 aliphatic rings. The first-order valence-electron chi connectivity index (χ1n) is 8.51. The van der Waals surface area contributed by atoms with Crippen molar-refractivity contribution >= 4 is 53.5 Å². The molecule has 2 nitrogen and oxygen atoms in total. The van der Waals surface area contributed by atoms with E-state index in [0.29, 0.717) is 0 Å². The summed E-state index contributed by atoms with van der Waals surface area (Å²) in [5.74, 6) is -0.398. The predicted molar refractivity (Wildman–Crippen MR) is 114 cm³/mol. The molecule has 0 aliphatic heterocycles. The summed E-state index contributed by atoms with van der Waals surface area (Å²) in [7, 11) is 0. The van der Waals surface area contributed by atoms with Gasteiger partial charge in [-0.3, -0.25) is 0 Å². The first-order chi connectivity index (χ1) is 12.9. The van der Waals surface area contributed by atoms with Crippen LogP contribution >= 0.6 is 22.9 Å². The van der Waals surface area contributed by atoms with Gasteiger partial charge < -0.3 is 0 Å². The van der Waals surface area contributed by atoms with Gasteiger partial charge in [-0.15, -0.1) is 0 Å². The van der Waals surface area contributed by atoms with E-state index in [1.54, 1.807) is 23.5 Å². The Balaban J connectivity index is 1.63. The van der Waals surface area contributed by atoms with Crippen molar-refractivity contribution in [2.45, 2.75) is 24.3 Å². The molecule has 0 aliphatic carbocycles. The Hall–Kier alpha value is -1.61. The van der Waals surface area contributed by atoms with Crippen molar-refractivity contribution in [3.63, 3.8) is 0 Å². The summed E-state index contributed by atoms with van der Waals surface area (Å²) in [4.78, 5) is 13.6. The van der Waals surface area contributed by atoms with Gasteiger partial charge in [-0.2, -0.15) is 0 Å². The van der Waals surface area contributed by atoms with Gasteiger partial charge in [0.15, 0.2) is 0 Å². The van der Waals surface area contributed by atoms with Crippen LogP contribution in [0.5, 0.6) is 0 Å². The van der Waals surface area contributed by atoms with Crippen LogP contribution in [0.3, 0.4) is 0 Å². The summed E-state index contributed by atoms with van der Waals surface area (Å²) in [6, 6.07) is 16.4.